The summed E-state index contributed by atoms with van der Waals surface area (Å²) in [5, 5.41) is 28.0. The Hall–Kier alpha value is -3.27. The molecule has 0 saturated carbocycles. The summed E-state index contributed by atoms with van der Waals surface area (Å²) < 4.78 is 1.66. The third-order valence-electron chi connectivity index (χ3n) is 5.66. The molecule has 5 rings (SSSR count). The Labute approximate surface area is 180 Å². The number of fused-ring (bicyclic) bond motifs is 2. The number of aromatic nitrogens is 4. The van der Waals surface area contributed by atoms with Gasteiger partial charge in [0.25, 0.3) is 5.95 Å². The van der Waals surface area contributed by atoms with E-state index in [0.29, 0.717) is 23.3 Å². The van der Waals surface area contributed by atoms with E-state index in [0.717, 1.165) is 42.1 Å². The van der Waals surface area contributed by atoms with E-state index < -0.39 is 7.12 Å². The number of benzene rings is 2. The maximum Gasteiger partial charge on any atom is 0.489 e. The van der Waals surface area contributed by atoms with Gasteiger partial charge in [0.2, 0.25) is 0 Å². The Kier molecular flexibility index (Phi) is 5.15. The second kappa shape index (κ2) is 8.11. The molecular formula is C22H23BN6O2. The molecule has 0 radical (unpaired) electrons. The lowest BCUT2D eigenvalue weighted by molar-refractivity contribution is 0.307. The molecule has 4 aromatic rings. The van der Waals surface area contributed by atoms with Gasteiger partial charge in [-0.05, 0) is 30.6 Å². The van der Waals surface area contributed by atoms with E-state index in [1.807, 2.05) is 24.3 Å². The van der Waals surface area contributed by atoms with Gasteiger partial charge in [-0.15, -0.1) is 0 Å². The minimum atomic E-state index is -1.57. The first kappa shape index (κ1) is 19.7. The number of nitrogens with zero attached hydrogens (tertiary/aromatic N) is 5. The maximum atomic E-state index is 9.68. The van der Waals surface area contributed by atoms with Gasteiger partial charge in [-0.1, -0.05) is 42.5 Å². The molecule has 0 atom stereocenters. The summed E-state index contributed by atoms with van der Waals surface area (Å²) in [5.41, 5.74) is 4.43. The van der Waals surface area contributed by atoms with Crippen LogP contribution in [0.4, 0.5) is 5.82 Å². The predicted octanol–water partition coefficient (Wildman–Crippen LogP) is 1.10. The highest BCUT2D eigenvalue weighted by atomic mass is 16.4. The van der Waals surface area contributed by atoms with Crippen LogP contribution in [0.5, 0.6) is 0 Å². The van der Waals surface area contributed by atoms with Crippen LogP contribution in [-0.2, 0) is 19.5 Å². The van der Waals surface area contributed by atoms with Gasteiger partial charge in [0, 0.05) is 30.6 Å². The zero-order valence-corrected chi connectivity index (χ0v) is 17.2. The molecule has 2 aromatic carbocycles. The molecule has 2 aromatic heterocycles. The van der Waals surface area contributed by atoms with Gasteiger partial charge in [-0.2, -0.15) is 14.8 Å². The number of rotatable bonds is 5. The third-order valence-corrected chi connectivity index (χ3v) is 5.66. The normalized spacial score (nSPS) is 13.9. The quantitative estimate of drug-likeness (QED) is 0.421. The molecule has 31 heavy (non-hydrogen) atoms. The molecule has 0 saturated heterocycles. The lowest BCUT2D eigenvalue weighted by Crippen LogP contribution is -2.30. The van der Waals surface area contributed by atoms with Crippen molar-refractivity contribution >= 4 is 29.3 Å². The Morgan fingerprint density at radius 1 is 1.06 bits per heavy atom. The Morgan fingerprint density at radius 2 is 1.90 bits per heavy atom. The van der Waals surface area contributed by atoms with Crippen molar-refractivity contribution in [1.29, 1.82) is 0 Å². The van der Waals surface area contributed by atoms with Crippen molar-refractivity contribution in [1.82, 2.24) is 24.6 Å². The average molecular weight is 414 g/mol. The molecule has 0 amide bonds. The van der Waals surface area contributed by atoms with Gasteiger partial charge in [0.05, 0.1) is 17.4 Å². The van der Waals surface area contributed by atoms with Crippen LogP contribution in [0.2, 0.25) is 0 Å². The lowest BCUT2D eigenvalue weighted by Gasteiger charge is -2.26. The van der Waals surface area contributed by atoms with Gasteiger partial charge in [0.1, 0.15) is 5.82 Å². The molecule has 8 nitrogen and oxygen atoms in total. The highest BCUT2D eigenvalue weighted by Crippen LogP contribution is 2.25. The van der Waals surface area contributed by atoms with Crippen LogP contribution >= 0.6 is 0 Å². The molecule has 1 aliphatic heterocycles. The molecule has 1 aliphatic rings. The van der Waals surface area contributed by atoms with E-state index in [4.69, 9.17) is 9.97 Å². The van der Waals surface area contributed by atoms with Crippen LogP contribution in [-0.4, -0.2) is 55.4 Å². The van der Waals surface area contributed by atoms with Crippen molar-refractivity contribution in [2.24, 2.45) is 0 Å². The Bertz CT molecular complexity index is 1230. The van der Waals surface area contributed by atoms with Gasteiger partial charge in [0.15, 0.2) is 0 Å². The van der Waals surface area contributed by atoms with Crippen molar-refractivity contribution in [3.63, 3.8) is 0 Å². The molecule has 0 bridgehead atoms. The van der Waals surface area contributed by atoms with Crippen molar-refractivity contribution in [2.45, 2.75) is 19.5 Å². The second-order valence-corrected chi connectivity index (χ2v) is 7.83. The summed E-state index contributed by atoms with van der Waals surface area (Å²) in [7, 11) is 0.516. The molecule has 0 spiro atoms. The number of likely N-dealkylation sites (N-methyl/N-ethyl adjacent to an activating group) is 1. The number of hydrogen-bond donors (Lipinski definition) is 3. The number of nitrogens with one attached hydrogen (secondary N) is 1. The molecule has 3 N–H and O–H groups in total. The van der Waals surface area contributed by atoms with Crippen LogP contribution in [0, 0.1) is 0 Å². The molecular weight excluding hydrogens is 391 g/mol. The largest absolute Gasteiger partial charge is 0.489 e. The zero-order valence-electron chi connectivity index (χ0n) is 17.2. The summed E-state index contributed by atoms with van der Waals surface area (Å²) in [5.74, 6) is 1.28. The van der Waals surface area contributed by atoms with E-state index >= 15 is 0 Å². The fourth-order valence-electron chi connectivity index (χ4n) is 4.03. The fraction of sp³-hybridized carbons (Fsp3) is 0.227. The summed E-state index contributed by atoms with van der Waals surface area (Å²) in [6.07, 6.45) is 2.50. The molecule has 9 heteroatoms. The summed E-state index contributed by atoms with van der Waals surface area (Å²) in [4.78, 5) is 11.9. The molecule has 0 unspecified atom stereocenters. The predicted molar refractivity (Wildman–Crippen MR) is 120 cm³/mol. The van der Waals surface area contributed by atoms with E-state index in [1.54, 1.807) is 23.0 Å². The van der Waals surface area contributed by atoms with Crippen molar-refractivity contribution in [3.05, 3.63) is 71.5 Å². The first-order chi connectivity index (χ1) is 15.1. The Morgan fingerprint density at radius 3 is 2.71 bits per heavy atom. The first-order valence-corrected chi connectivity index (χ1v) is 10.3. The van der Waals surface area contributed by atoms with Crippen LogP contribution < -0.4 is 10.8 Å². The van der Waals surface area contributed by atoms with Gasteiger partial charge >= 0.3 is 7.12 Å². The number of hydrogen-bond acceptors (Lipinski definition) is 7. The van der Waals surface area contributed by atoms with E-state index in [1.165, 1.54) is 5.56 Å². The second-order valence-electron chi connectivity index (χ2n) is 7.83. The Balaban J connectivity index is 1.59. The fourth-order valence-corrected chi connectivity index (χ4v) is 4.03. The van der Waals surface area contributed by atoms with Gasteiger partial charge in [-0.25, -0.2) is 4.98 Å². The van der Waals surface area contributed by atoms with Crippen molar-refractivity contribution in [2.75, 3.05) is 18.9 Å². The van der Waals surface area contributed by atoms with Crippen molar-refractivity contribution in [3.8, 4) is 5.95 Å². The van der Waals surface area contributed by atoms with Gasteiger partial charge < -0.3 is 20.3 Å². The lowest BCUT2D eigenvalue weighted by atomic mass is 9.78. The topological polar surface area (TPSA) is 99.3 Å². The standard InChI is InChI=1S/C22H23BN6O2/c1-28-11-10-16-19(14-28)26-22(27-21(16)24-12-15-6-3-2-4-7-15)29-20-9-5-8-18(23(30)31)17(20)13-25-29/h2-9,13,30-31H,10-12,14H2,1H3,(H,24,26,27). The zero-order chi connectivity index (χ0) is 21.4. The summed E-state index contributed by atoms with van der Waals surface area (Å²) >= 11 is 0. The smallest absolute Gasteiger partial charge is 0.423 e. The number of anilines is 1. The molecule has 0 fully saturated rings. The van der Waals surface area contributed by atoms with Crippen LogP contribution in [0.3, 0.4) is 0 Å². The molecule has 156 valence electrons. The minimum Gasteiger partial charge on any atom is -0.423 e. The summed E-state index contributed by atoms with van der Waals surface area (Å²) in [6.45, 7) is 2.36. The first-order valence-electron chi connectivity index (χ1n) is 10.3. The van der Waals surface area contributed by atoms with E-state index in [-0.39, 0.29) is 0 Å². The SMILES string of the molecule is CN1CCc2c(nc(-n3ncc4c(B(O)O)cccc43)nc2NCc2ccccc2)C1. The maximum absolute atomic E-state index is 9.68. The highest BCUT2D eigenvalue weighted by molar-refractivity contribution is 6.61. The van der Waals surface area contributed by atoms with E-state index in [9.17, 15) is 10.0 Å². The van der Waals surface area contributed by atoms with Crippen LogP contribution in [0.1, 0.15) is 16.8 Å². The summed E-state index contributed by atoms with van der Waals surface area (Å²) in [6, 6.07) is 15.5. The monoisotopic (exact) mass is 414 g/mol. The van der Waals surface area contributed by atoms with Gasteiger partial charge in [-0.3, -0.25) is 0 Å². The minimum absolute atomic E-state index is 0.406. The third kappa shape index (κ3) is 3.79. The van der Waals surface area contributed by atoms with Crippen LogP contribution in [0.15, 0.2) is 54.7 Å². The highest BCUT2D eigenvalue weighted by Gasteiger charge is 2.23. The molecule has 0 aliphatic carbocycles. The van der Waals surface area contributed by atoms with E-state index in [2.05, 4.69) is 34.5 Å². The average Bonchev–Trinajstić information content (AvgIpc) is 3.22. The van der Waals surface area contributed by atoms with Crippen LogP contribution in [0.25, 0.3) is 16.9 Å². The van der Waals surface area contributed by atoms with Crippen molar-refractivity contribution < 1.29 is 10.0 Å². The molecule has 3 heterocycles.